The first kappa shape index (κ1) is 13.9. The Morgan fingerprint density at radius 3 is 2.56 bits per heavy atom. The van der Waals surface area contributed by atoms with Crippen molar-refractivity contribution in [1.29, 1.82) is 0 Å². The lowest BCUT2D eigenvalue weighted by Gasteiger charge is -2.38. The molecule has 0 radical (unpaired) electrons. The molecule has 0 aromatic carbocycles. The van der Waals surface area contributed by atoms with Gasteiger partial charge in [0.2, 0.25) is 0 Å². The molecule has 94 valence electrons. The Morgan fingerprint density at radius 2 is 2.12 bits per heavy atom. The predicted octanol–water partition coefficient (Wildman–Crippen LogP) is 2.26. The summed E-state index contributed by atoms with van der Waals surface area (Å²) in [5, 5.41) is 10.00. The van der Waals surface area contributed by atoms with Crippen molar-refractivity contribution < 1.29 is 19.4 Å². The number of rotatable bonds is 3. The summed E-state index contributed by atoms with van der Waals surface area (Å²) in [6.07, 6.45) is 0.399. The minimum absolute atomic E-state index is 0.0444. The van der Waals surface area contributed by atoms with Crippen LogP contribution in [0, 0.1) is 11.3 Å². The normalized spacial score (nSPS) is 28.8. The Morgan fingerprint density at radius 1 is 1.50 bits per heavy atom. The molecule has 1 aliphatic rings. The van der Waals surface area contributed by atoms with Gasteiger partial charge in [-0.1, -0.05) is 36.7 Å². The van der Waals surface area contributed by atoms with Crippen LogP contribution < -0.4 is 0 Å². The average molecular weight is 295 g/mol. The third kappa shape index (κ3) is 3.43. The van der Waals surface area contributed by atoms with Crippen LogP contribution >= 0.6 is 15.9 Å². The molecular formula is C11H19BrO4. The fourth-order valence-corrected chi connectivity index (χ4v) is 2.50. The Labute approximate surface area is 104 Å². The third-order valence-corrected chi connectivity index (χ3v) is 3.55. The minimum atomic E-state index is -0.798. The van der Waals surface area contributed by atoms with E-state index in [1.54, 1.807) is 0 Å². The van der Waals surface area contributed by atoms with Crippen LogP contribution in [0.4, 0.5) is 0 Å². The summed E-state index contributed by atoms with van der Waals surface area (Å²) < 4.78 is 10.8. The highest BCUT2D eigenvalue weighted by Crippen LogP contribution is 2.34. The number of carbonyl (C=O) groups is 1. The Kier molecular flexibility index (Phi) is 4.76. The predicted molar refractivity (Wildman–Crippen MR) is 63.6 cm³/mol. The lowest BCUT2D eigenvalue weighted by molar-refractivity contribution is -0.199. The molecule has 1 saturated heterocycles. The molecule has 0 aliphatic carbocycles. The second-order valence-corrected chi connectivity index (χ2v) is 5.83. The van der Waals surface area contributed by atoms with Crippen LogP contribution in [0.3, 0.4) is 0 Å². The van der Waals surface area contributed by atoms with Gasteiger partial charge in [0.25, 0.3) is 0 Å². The van der Waals surface area contributed by atoms with Gasteiger partial charge >= 0.3 is 5.97 Å². The molecule has 1 aliphatic heterocycles. The Hall–Kier alpha value is -0.130. The van der Waals surface area contributed by atoms with Crippen LogP contribution in [0.2, 0.25) is 0 Å². The maximum absolute atomic E-state index is 11.3. The number of hydrogen-bond donors (Lipinski definition) is 1. The van der Waals surface area contributed by atoms with Gasteiger partial charge in [-0.05, 0) is 5.41 Å². The van der Waals surface area contributed by atoms with E-state index in [1.165, 1.54) is 0 Å². The van der Waals surface area contributed by atoms with E-state index in [-0.39, 0.29) is 24.4 Å². The summed E-state index contributed by atoms with van der Waals surface area (Å²) in [5.41, 5.74) is -0.315. The SMILES string of the molecule is CC(C)(C)C(C(=O)O)[C@H]1C[C@H](CBr)OCO1. The number of ether oxygens (including phenoxy) is 2. The highest BCUT2D eigenvalue weighted by Gasteiger charge is 2.41. The smallest absolute Gasteiger partial charge is 0.309 e. The van der Waals surface area contributed by atoms with E-state index in [0.717, 1.165) is 0 Å². The first-order valence-corrected chi connectivity index (χ1v) is 6.50. The molecular weight excluding hydrogens is 276 g/mol. The molecule has 0 saturated carbocycles. The quantitative estimate of drug-likeness (QED) is 0.811. The van der Waals surface area contributed by atoms with E-state index in [9.17, 15) is 9.90 Å². The molecule has 0 aromatic rings. The molecule has 4 nitrogen and oxygen atoms in total. The molecule has 3 atom stereocenters. The van der Waals surface area contributed by atoms with E-state index in [2.05, 4.69) is 15.9 Å². The van der Waals surface area contributed by atoms with E-state index < -0.39 is 11.9 Å². The summed E-state index contributed by atoms with van der Waals surface area (Å²) >= 11 is 3.35. The summed E-state index contributed by atoms with van der Waals surface area (Å²) in [6.45, 7) is 5.95. The zero-order valence-electron chi connectivity index (χ0n) is 9.90. The molecule has 1 fully saturated rings. The van der Waals surface area contributed by atoms with Crippen LogP contribution in [-0.4, -0.2) is 35.4 Å². The van der Waals surface area contributed by atoms with Gasteiger partial charge in [0.15, 0.2) is 0 Å². The van der Waals surface area contributed by atoms with Crippen molar-refractivity contribution >= 4 is 21.9 Å². The Balaban J connectivity index is 2.75. The topological polar surface area (TPSA) is 55.8 Å². The van der Waals surface area contributed by atoms with Gasteiger partial charge < -0.3 is 14.6 Å². The molecule has 1 heterocycles. The van der Waals surface area contributed by atoms with Crippen molar-refractivity contribution in [3.05, 3.63) is 0 Å². The summed E-state index contributed by atoms with van der Waals surface area (Å²) in [4.78, 5) is 11.3. The summed E-state index contributed by atoms with van der Waals surface area (Å²) in [5.74, 6) is -1.30. The molecule has 0 amide bonds. The second-order valence-electron chi connectivity index (χ2n) is 5.18. The van der Waals surface area contributed by atoms with Crippen LogP contribution in [0.5, 0.6) is 0 Å². The highest BCUT2D eigenvalue weighted by molar-refractivity contribution is 9.09. The van der Waals surface area contributed by atoms with Gasteiger partial charge in [-0.25, -0.2) is 0 Å². The Bertz CT molecular complexity index is 249. The number of alkyl halides is 1. The largest absolute Gasteiger partial charge is 0.481 e. The number of halogens is 1. The van der Waals surface area contributed by atoms with Crippen molar-refractivity contribution in [2.24, 2.45) is 11.3 Å². The van der Waals surface area contributed by atoms with Crippen LogP contribution in [0.1, 0.15) is 27.2 Å². The number of carboxylic acids is 1. The van der Waals surface area contributed by atoms with Crippen molar-refractivity contribution in [2.75, 3.05) is 12.1 Å². The van der Waals surface area contributed by atoms with Gasteiger partial charge in [-0.3, -0.25) is 4.79 Å². The zero-order chi connectivity index (χ0) is 12.3. The first-order chi connectivity index (χ1) is 7.36. The maximum Gasteiger partial charge on any atom is 0.309 e. The van der Waals surface area contributed by atoms with Crippen molar-refractivity contribution in [2.45, 2.75) is 39.4 Å². The molecule has 1 rings (SSSR count). The second kappa shape index (κ2) is 5.47. The average Bonchev–Trinajstić information content (AvgIpc) is 2.15. The molecule has 5 heteroatoms. The zero-order valence-corrected chi connectivity index (χ0v) is 11.5. The molecule has 0 aromatic heterocycles. The number of aliphatic carboxylic acids is 1. The lowest BCUT2D eigenvalue weighted by Crippen LogP contribution is -2.45. The highest BCUT2D eigenvalue weighted by atomic mass is 79.9. The third-order valence-electron chi connectivity index (χ3n) is 2.82. The van der Waals surface area contributed by atoms with E-state index in [0.29, 0.717) is 11.8 Å². The van der Waals surface area contributed by atoms with Gasteiger partial charge in [0.1, 0.15) is 6.79 Å². The van der Waals surface area contributed by atoms with Gasteiger partial charge in [0.05, 0.1) is 18.1 Å². The lowest BCUT2D eigenvalue weighted by atomic mass is 9.76. The number of hydrogen-bond acceptors (Lipinski definition) is 3. The van der Waals surface area contributed by atoms with Crippen molar-refractivity contribution in [3.8, 4) is 0 Å². The molecule has 16 heavy (non-hydrogen) atoms. The van der Waals surface area contributed by atoms with Gasteiger partial charge in [0, 0.05) is 11.8 Å². The standard InChI is InChI=1S/C11H19BrO4/c1-11(2,3)9(10(13)14)8-4-7(5-12)15-6-16-8/h7-9H,4-6H2,1-3H3,(H,13,14)/t7-,8-,9?/m1/s1. The van der Waals surface area contributed by atoms with Gasteiger partial charge in [-0.15, -0.1) is 0 Å². The van der Waals surface area contributed by atoms with Crippen LogP contribution in [0.15, 0.2) is 0 Å². The maximum atomic E-state index is 11.3. The van der Waals surface area contributed by atoms with Crippen molar-refractivity contribution in [3.63, 3.8) is 0 Å². The molecule has 0 bridgehead atoms. The van der Waals surface area contributed by atoms with Crippen LogP contribution in [0.25, 0.3) is 0 Å². The summed E-state index contributed by atoms with van der Waals surface area (Å²) in [7, 11) is 0. The monoisotopic (exact) mass is 294 g/mol. The first-order valence-electron chi connectivity index (χ1n) is 5.38. The van der Waals surface area contributed by atoms with Gasteiger partial charge in [-0.2, -0.15) is 0 Å². The van der Waals surface area contributed by atoms with Crippen LogP contribution in [-0.2, 0) is 14.3 Å². The van der Waals surface area contributed by atoms with E-state index in [4.69, 9.17) is 9.47 Å². The minimum Gasteiger partial charge on any atom is -0.481 e. The fourth-order valence-electron chi connectivity index (χ4n) is 2.05. The summed E-state index contributed by atoms with van der Waals surface area (Å²) in [6, 6.07) is 0. The molecule has 1 N–H and O–H groups in total. The van der Waals surface area contributed by atoms with E-state index in [1.807, 2.05) is 20.8 Å². The number of carboxylic acid groups (broad SMARTS) is 1. The molecule has 0 spiro atoms. The van der Waals surface area contributed by atoms with E-state index >= 15 is 0 Å². The fraction of sp³-hybridized carbons (Fsp3) is 0.909. The van der Waals surface area contributed by atoms with Crippen molar-refractivity contribution in [1.82, 2.24) is 0 Å². The molecule has 1 unspecified atom stereocenters.